The fraction of sp³-hybridized carbons (Fsp3) is 0.0526. The molecule has 0 aliphatic heterocycles. The van der Waals surface area contributed by atoms with Gasteiger partial charge < -0.3 is 4.74 Å². The number of amides is 1. The molecule has 0 aliphatic carbocycles. The van der Waals surface area contributed by atoms with Gasteiger partial charge in [0.1, 0.15) is 5.75 Å². The first-order valence-electron chi connectivity index (χ1n) is 7.22. The monoisotopic (exact) mass is 304 g/mol. The van der Waals surface area contributed by atoms with E-state index >= 15 is 0 Å². The van der Waals surface area contributed by atoms with Crippen molar-refractivity contribution in [1.29, 1.82) is 0 Å². The van der Waals surface area contributed by atoms with E-state index in [-0.39, 0.29) is 5.91 Å². The molecule has 0 unspecified atom stereocenters. The van der Waals surface area contributed by atoms with Crippen LogP contribution in [-0.4, -0.2) is 19.2 Å². The molecule has 0 saturated heterocycles. The molecular formula is C19H16N2O2. The number of nitrogens with zero attached hydrogens (tertiary/aromatic N) is 1. The number of hydrogen-bond acceptors (Lipinski definition) is 3. The Morgan fingerprint density at radius 1 is 1.00 bits per heavy atom. The molecule has 0 bridgehead atoms. The minimum absolute atomic E-state index is 0.260. The number of nitrogens with one attached hydrogen (secondary N) is 1. The molecule has 114 valence electrons. The van der Waals surface area contributed by atoms with Crippen LogP contribution in [0.2, 0.25) is 0 Å². The molecule has 0 heterocycles. The first kappa shape index (κ1) is 14.8. The van der Waals surface area contributed by atoms with E-state index in [0.29, 0.717) is 11.3 Å². The Bertz CT molecular complexity index is 855. The summed E-state index contributed by atoms with van der Waals surface area (Å²) >= 11 is 0. The van der Waals surface area contributed by atoms with E-state index in [1.165, 1.54) is 5.39 Å². The number of ether oxygens (including phenoxy) is 1. The van der Waals surface area contributed by atoms with Crippen molar-refractivity contribution in [2.45, 2.75) is 0 Å². The second-order valence-corrected chi connectivity index (χ2v) is 5.03. The topological polar surface area (TPSA) is 50.7 Å². The highest BCUT2D eigenvalue weighted by atomic mass is 16.5. The highest BCUT2D eigenvalue weighted by Gasteiger charge is 2.03. The lowest BCUT2D eigenvalue weighted by Gasteiger charge is -2.02. The summed E-state index contributed by atoms with van der Waals surface area (Å²) in [5.74, 6) is 0.450. The predicted molar refractivity (Wildman–Crippen MR) is 92.0 cm³/mol. The summed E-state index contributed by atoms with van der Waals surface area (Å²) < 4.78 is 5.06. The number of benzene rings is 3. The smallest absolute Gasteiger partial charge is 0.271 e. The van der Waals surface area contributed by atoms with E-state index in [1.807, 2.05) is 36.4 Å². The second-order valence-electron chi connectivity index (χ2n) is 5.03. The van der Waals surface area contributed by atoms with Gasteiger partial charge in [-0.1, -0.05) is 36.4 Å². The zero-order valence-corrected chi connectivity index (χ0v) is 12.7. The number of hydrazone groups is 1. The molecule has 3 rings (SSSR count). The van der Waals surface area contributed by atoms with Crippen LogP contribution in [0.5, 0.6) is 5.75 Å². The van der Waals surface area contributed by atoms with E-state index in [4.69, 9.17) is 4.74 Å². The molecule has 0 spiro atoms. The number of methoxy groups -OCH3 is 1. The number of carbonyl (C=O) groups excluding carboxylic acids is 1. The van der Waals surface area contributed by atoms with E-state index in [1.54, 1.807) is 37.6 Å². The van der Waals surface area contributed by atoms with E-state index in [0.717, 1.165) is 10.9 Å². The first-order chi connectivity index (χ1) is 11.3. The van der Waals surface area contributed by atoms with Gasteiger partial charge in [0.15, 0.2) is 0 Å². The average Bonchev–Trinajstić information content (AvgIpc) is 2.61. The average molecular weight is 304 g/mol. The normalized spacial score (nSPS) is 10.8. The Hall–Kier alpha value is -3.14. The van der Waals surface area contributed by atoms with Gasteiger partial charge in [-0.15, -0.1) is 0 Å². The maximum Gasteiger partial charge on any atom is 0.271 e. The SMILES string of the molecule is COc1ccc(C(=O)N/N=C\c2ccc3ccccc3c2)cc1. The summed E-state index contributed by atoms with van der Waals surface area (Å²) in [7, 11) is 1.59. The highest BCUT2D eigenvalue weighted by molar-refractivity contribution is 5.95. The largest absolute Gasteiger partial charge is 0.497 e. The van der Waals surface area contributed by atoms with Crippen molar-refractivity contribution < 1.29 is 9.53 Å². The maximum atomic E-state index is 12.0. The van der Waals surface area contributed by atoms with Crippen LogP contribution in [0.4, 0.5) is 0 Å². The van der Waals surface area contributed by atoms with Crippen molar-refractivity contribution in [2.75, 3.05) is 7.11 Å². The molecule has 4 nitrogen and oxygen atoms in total. The molecule has 3 aromatic rings. The standard InChI is InChI=1S/C19H16N2O2/c1-23-18-10-8-16(9-11-18)19(22)21-20-13-14-6-7-15-4-2-3-5-17(15)12-14/h2-13H,1H3,(H,21,22)/b20-13-. The minimum atomic E-state index is -0.260. The Labute approximate surface area is 134 Å². The van der Waals surface area contributed by atoms with Gasteiger partial charge in [-0.3, -0.25) is 4.79 Å². The van der Waals surface area contributed by atoms with Gasteiger partial charge >= 0.3 is 0 Å². The molecule has 0 aliphatic rings. The third-order valence-electron chi connectivity index (χ3n) is 3.51. The highest BCUT2D eigenvalue weighted by Crippen LogP contribution is 2.14. The van der Waals surface area contributed by atoms with Crippen LogP contribution >= 0.6 is 0 Å². The fourth-order valence-corrected chi connectivity index (χ4v) is 2.26. The maximum absolute atomic E-state index is 12.0. The Morgan fingerprint density at radius 2 is 1.74 bits per heavy atom. The number of carbonyl (C=O) groups is 1. The van der Waals surface area contributed by atoms with Crippen LogP contribution in [0.3, 0.4) is 0 Å². The van der Waals surface area contributed by atoms with Crippen molar-refractivity contribution in [2.24, 2.45) is 5.10 Å². The summed E-state index contributed by atoms with van der Waals surface area (Å²) in [6, 6.07) is 21.0. The van der Waals surface area contributed by atoms with Gasteiger partial charge in [0.2, 0.25) is 0 Å². The molecule has 4 heteroatoms. The quantitative estimate of drug-likeness (QED) is 0.591. The van der Waals surface area contributed by atoms with Crippen LogP contribution in [0, 0.1) is 0 Å². The van der Waals surface area contributed by atoms with E-state index < -0.39 is 0 Å². The third-order valence-corrected chi connectivity index (χ3v) is 3.51. The lowest BCUT2D eigenvalue weighted by Crippen LogP contribution is -2.17. The number of hydrogen-bond donors (Lipinski definition) is 1. The summed E-state index contributed by atoms with van der Waals surface area (Å²) in [6.45, 7) is 0. The van der Waals surface area contributed by atoms with Gasteiger partial charge in [-0.25, -0.2) is 5.43 Å². The molecule has 0 fully saturated rings. The van der Waals surface area contributed by atoms with Crippen molar-refractivity contribution in [3.05, 3.63) is 77.9 Å². The van der Waals surface area contributed by atoms with Crippen LogP contribution in [-0.2, 0) is 0 Å². The molecule has 0 aromatic heterocycles. The van der Waals surface area contributed by atoms with Crippen LogP contribution < -0.4 is 10.2 Å². The van der Waals surface area contributed by atoms with Gasteiger partial charge in [0.25, 0.3) is 5.91 Å². The molecule has 0 saturated carbocycles. The summed E-state index contributed by atoms with van der Waals surface area (Å²) in [4.78, 5) is 12.0. The van der Waals surface area contributed by atoms with Crippen LogP contribution in [0.1, 0.15) is 15.9 Å². The third kappa shape index (κ3) is 3.55. The Balaban J connectivity index is 1.68. The lowest BCUT2D eigenvalue weighted by molar-refractivity contribution is 0.0955. The zero-order valence-electron chi connectivity index (χ0n) is 12.7. The van der Waals surface area contributed by atoms with Crippen LogP contribution in [0.15, 0.2) is 71.8 Å². The summed E-state index contributed by atoms with van der Waals surface area (Å²) in [6.07, 6.45) is 1.63. The van der Waals surface area contributed by atoms with Gasteiger partial charge in [-0.05, 0) is 46.7 Å². The molecule has 3 aromatic carbocycles. The number of rotatable bonds is 4. The van der Waals surface area contributed by atoms with Crippen molar-refractivity contribution >= 4 is 22.9 Å². The van der Waals surface area contributed by atoms with Crippen molar-refractivity contribution in [3.63, 3.8) is 0 Å². The second kappa shape index (κ2) is 6.75. The van der Waals surface area contributed by atoms with Gasteiger partial charge in [0.05, 0.1) is 13.3 Å². The van der Waals surface area contributed by atoms with Crippen LogP contribution in [0.25, 0.3) is 10.8 Å². The zero-order chi connectivity index (χ0) is 16.1. The fourth-order valence-electron chi connectivity index (χ4n) is 2.26. The summed E-state index contributed by atoms with van der Waals surface area (Å²) in [5.41, 5.74) is 3.98. The Morgan fingerprint density at radius 3 is 2.48 bits per heavy atom. The van der Waals surface area contributed by atoms with Gasteiger partial charge in [-0.2, -0.15) is 5.10 Å². The van der Waals surface area contributed by atoms with Crippen molar-refractivity contribution in [1.82, 2.24) is 5.43 Å². The van der Waals surface area contributed by atoms with E-state index in [2.05, 4.69) is 16.6 Å². The Kier molecular flexibility index (Phi) is 4.34. The summed E-state index contributed by atoms with van der Waals surface area (Å²) in [5, 5.41) is 6.32. The molecular weight excluding hydrogens is 288 g/mol. The molecule has 23 heavy (non-hydrogen) atoms. The molecule has 1 N–H and O–H groups in total. The lowest BCUT2D eigenvalue weighted by atomic mass is 10.1. The molecule has 1 amide bonds. The predicted octanol–water partition coefficient (Wildman–Crippen LogP) is 3.61. The van der Waals surface area contributed by atoms with Gasteiger partial charge in [0, 0.05) is 5.56 Å². The number of fused-ring (bicyclic) bond motifs is 1. The minimum Gasteiger partial charge on any atom is -0.497 e. The molecule has 0 atom stereocenters. The van der Waals surface area contributed by atoms with E-state index in [9.17, 15) is 4.79 Å². The van der Waals surface area contributed by atoms with Crippen molar-refractivity contribution in [3.8, 4) is 5.75 Å². The molecule has 0 radical (unpaired) electrons. The first-order valence-corrected chi connectivity index (χ1v) is 7.22.